The second kappa shape index (κ2) is 10.7. The van der Waals surface area contributed by atoms with Crippen molar-refractivity contribution in [2.45, 2.75) is 27.7 Å². The Kier molecular flexibility index (Phi) is 7.25. The zero-order valence-electron chi connectivity index (χ0n) is 21.3. The van der Waals surface area contributed by atoms with Crippen LogP contribution < -0.4 is 19.7 Å². The van der Waals surface area contributed by atoms with Gasteiger partial charge in [-0.05, 0) is 38.8 Å². The van der Waals surface area contributed by atoms with E-state index in [1.54, 1.807) is 17.7 Å². The molecule has 3 heterocycles. The van der Waals surface area contributed by atoms with E-state index < -0.39 is 0 Å². The number of aromatic nitrogens is 2. The zero-order valence-corrected chi connectivity index (χ0v) is 22.1. The van der Waals surface area contributed by atoms with Crippen LogP contribution in [0.4, 0.5) is 17.2 Å². The van der Waals surface area contributed by atoms with Crippen molar-refractivity contribution in [1.29, 1.82) is 0 Å². The van der Waals surface area contributed by atoms with Crippen molar-refractivity contribution in [3.8, 4) is 22.6 Å². The first-order valence-electron chi connectivity index (χ1n) is 12.4. The van der Waals surface area contributed by atoms with Gasteiger partial charge >= 0.3 is 0 Å². The highest BCUT2D eigenvalue weighted by molar-refractivity contribution is 7.17. The third-order valence-electron chi connectivity index (χ3n) is 6.31. The summed E-state index contributed by atoms with van der Waals surface area (Å²) in [5.74, 6) is 2.33. The molecular formula is C28H32N4O3S. The van der Waals surface area contributed by atoms with E-state index in [1.165, 1.54) is 16.7 Å². The topological polar surface area (TPSA) is 68.7 Å². The van der Waals surface area contributed by atoms with Crippen molar-refractivity contribution in [3.05, 3.63) is 53.2 Å². The Morgan fingerprint density at radius 2 is 1.75 bits per heavy atom. The van der Waals surface area contributed by atoms with Gasteiger partial charge in [0, 0.05) is 36.2 Å². The van der Waals surface area contributed by atoms with Crippen LogP contribution in [-0.2, 0) is 4.74 Å². The summed E-state index contributed by atoms with van der Waals surface area (Å²) in [5, 5.41) is 6.74. The van der Waals surface area contributed by atoms with Gasteiger partial charge in [-0.1, -0.05) is 23.8 Å². The van der Waals surface area contributed by atoms with Crippen LogP contribution in [-0.4, -0.2) is 49.5 Å². The highest BCUT2D eigenvalue weighted by Gasteiger charge is 2.21. The average Bonchev–Trinajstić information content (AvgIpc) is 3.31. The number of morpholine rings is 1. The van der Waals surface area contributed by atoms with Crippen LogP contribution in [0.3, 0.4) is 0 Å². The van der Waals surface area contributed by atoms with Crippen LogP contribution in [0.5, 0.6) is 11.5 Å². The standard InChI is InChI=1S/C28H32N4O3S/c1-5-34-24-15-23(32-9-11-33-12-10-32)25(35-6-2)14-22(24)31-27-26-21(16-36-28(26)30-17-29-27)20-8-7-18(3)13-19(20)4/h7-8,13-17H,5-6,9-12H2,1-4H3,(H,29,30,31). The van der Waals surface area contributed by atoms with Crippen molar-refractivity contribution < 1.29 is 14.2 Å². The zero-order chi connectivity index (χ0) is 25.1. The Bertz CT molecular complexity index is 1360. The lowest BCUT2D eigenvalue weighted by atomic mass is 9.99. The number of hydrogen-bond acceptors (Lipinski definition) is 8. The number of fused-ring (bicyclic) bond motifs is 1. The summed E-state index contributed by atoms with van der Waals surface area (Å²) in [4.78, 5) is 12.4. The summed E-state index contributed by atoms with van der Waals surface area (Å²) >= 11 is 1.63. The first-order chi connectivity index (χ1) is 17.6. The quantitative estimate of drug-likeness (QED) is 0.300. The molecule has 0 atom stereocenters. The van der Waals surface area contributed by atoms with E-state index in [9.17, 15) is 0 Å². The maximum Gasteiger partial charge on any atom is 0.145 e. The van der Waals surface area contributed by atoms with Gasteiger partial charge in [0.15, 0.2) is 0 Å². The Balaban J connectivity index is 1.60. The van der Waals surface area contributed by atoms with Crippen molar-refractivity contribution in [1.82, 2.24) is 9.97 Å². The monoisotopic (exact) mass is 504 g/mol. The molecule has 0 spiro atoms. The molecule has 2 aromatic carbocycles. The SMILES string of the molecule is CCOc1cc(N2CCOCC2)c(OCC)cc1Nc1ncnc2scc(-c3ccc(C)cc3C)c12. The van der Waals surface area contributed by atoms with Gasteiger partial charge in [-0.15, -0.1) is 11.3 Å². The second-order valence-electron chi connectivity index (χ2n) is 8.78. The van der Waals surface area contributed by atoms with E-state index in [2.05, 4.69) is 63.7 Å². The predicted octanol–water partition coefficient (Wildman–Crippen LogP) is 6.35. The van der Waals surface area contributed by atoms with Crippen molar-refractivity contribution in [2.24, 2.45) is 0 Å². The molecule has 1 aliphatic rings. The van der Waals surface area contributed by atoms with E-state index in [-0.39, 0.29) is 0 Å². The predicted molar refractivity (Wildman–Crippen MR) is 147 cm³/mol. The third kappa shape index (κ3) is 4.83. The van der Waals surface area contributed by atoms with Crippen molar-refractivity contribution in [2.75, 3.05) is 49.7 Å². The van der Waals surface area contributed by atoms with Crippen LogP contribution >= 0.6 is 11.3 Å². The number of nitrogens with zero attached hydrogens (tertiary/aromatic N) is 3. The molecule has 8 heteroatoms. The van der Waals surface area contributed by atoms with Gasteiger partial charge in [0.1, 0.15) is 28.5 Å². The minimum atomic E-state index is 0.552. The third-order valence-corrected chi connectivity index (χ3v) is 7.19. The molecule has 0 aliphatic carbocycles. The first kappa shape index (κ1) is 24.3. The Hall–Kier alpha value is -3.36. The largest absolute Gasteiger partial charge is 0.492 e. The smallest absolute Gasteiger partial charge is 0.145 e. The Morgan fingerprint density at radius 3 is 2.50 bits per heavy atom. The van der Waals surface area contributed by atoms with Gasteiger partial charge in [-0.2, -0.15) is 0 Å². The van der Waals surface area contributed by atoms with Crippen molar-refractivity contribution >= 4 is 38.7 Å². The molecule has 1 saturated heterocycles. The Morgan fingerprint density at radius 1 is 0.972 bits per heavy atom. The van der Waals surface area contributed by atoms with Gasteiger partial charge < -0.3 is 24.4 Å². The summed E-state index contributed by atoms with van der Waals surface area (Å²) < 4.78 is 17.7. The molecule has 0 bridgehead atoms. The average molecular weight is 505 g/mol. The highest BCUT2D eigenvalue weighted by atomic mass is 32.1. The maximum atomic E-state index is 6.10. The number of benzene rings is 2. The van der Waals surface area contributed by atoms with E-state index in [0.29, 0.717) is 26.4 Å². The highest BCUT2D eigenvalue weighted by Crippen LogP contribution is 2.43. The van der Waals surface area contributed by atoms with Gasteiger partial charge in [-0.25, -0.2) is 9.97 Å². The van der Waals surface area contributed by atoms with Gasteiger partial charge in [0.05, 0.1) is 43.2 Å². The number of thiophene rings is 1. The van der Waals surface area contributed by atoms with Gasteiger partial charge in [-0.3, -0.25) is 0 Å². The molecule has 1 N–H and O–H groups in total. The minimum absolute atomic E-state index is 0.552. The maximum absolute atomic E-state index is 6.10. The van der Waals surface area contributed by atoms with E-state index >= 15 is 0 Å². The number of hydrogen-bond donors (Lipinski definition) is 1. The minimum Gasteiger partial charge on any atom is -0.492 e. The van der Waals surface area contributed by atoms with Crippen LogP contribution in [0.15, 0.2) is 42.0 Å². The second-order valence-corrected chi connectivity index (χ2v) is 9.63. The Labute approximate surface area is 216 Å². The van der Waals surface area contributed by atoms with Crippen LogP contribution in [0, 0.1) is 13.8 Å². The fraction of sp³-hybridized carbons (Fsp3) is 0.357. The first-order valence-corrected chi connectivity index (χ1v) is 13.3. The number of nitrogens with one attached hydrogen (secondary N) is 1. The fourth-order valence-electron chi connectivity index (χ4n) is 4.66. The molecule has 7 nitrogen and oxygen atoms in total. The van der Waals surface area contributed by atoms with E-state index in [0.717, 1.165) is 57.6 Å². The van der Waals surface area contributed by atoms with Crippen LogP contribution in [0.25, 0.3) is 21.3 Å². The fourth-order valence-corrected chi connectivity index (χ4v) is 5.56. The normalized spacial score (nSPS) is 13.7. The lowest BCUT2D eigenvalue weighted by Gasteiger charge is -2.31. The molecule has 1 fully saturated rings. The van der Waals surface area contributed by atoms with Crippen LogP contribution in [0.1, 0.15) is 25.0 Å². The summed E-state index contributed by atoms with van der Waals surface area (Å²) in [5.41, 5.74) is 6.63. The number of aryl methyl sites for hydroxylation is 2. The van der Waals surface area contributed by atoms with Gasteiger partial charge in [0.25, 0.3) is 0 Å². The molecule has 0 saturated carbocycles. The van der Waals surface area contributed by atoms with Crippen LogP contribution in [0.2, 0.25) is 0 Å². The van der Waals surface area contributed by atoms with Gasteiger partial charge in [0.2, 0.25) is 0 Å². The molecule has 0 amide bonds. The summed E-state index contributed by atoms with van der Waals surface area (Å²) in [7, 11) is 0. The molecule has 0 unspecified atom stereocenters. The number of rotatable bonds is 8. The lowest BCUT2D eigenvalue weighted by molar-refractivity contribution is 0.122. The lowest BCUT2D eigenvalue weighted by Crippen LogP contribution is -2.36. The summed E-state index contributed by atoms with van der Waals surface area (Å²) in [6.45, 7) is 12.4. The van der Waals surface area contributed by atoms with E-state index in [4.69, 9.17) is 14.2 Å². The number of ether oxygens (including phenoxy) is 3. The molecule has 2 aromatic heterocycles. The van der Waals surface area contributed by atoms with E-state index in [1.807, 2.05) is 19.9 Å². The molecule has 5 rings (SSSR count). The summed E-state index contributed by atoms with van der Waals surface area (Å²) in [6.07, 6.45) is 1.61. The molecule has 36 heavy (non-hydrogen) atoms. The molecule has 188 valence electrons. The summed E-state index contributed by atoms with van der Waals surface area (Å²) in [6, 6.07) is 10.6. The van der Waals surface area contributed by atoms with Crippen molar-refractivity contribution in [3.63, 3.8) is 0 Å². The molecule has 0 radical (unpaired) electrons. The number of anilines is 3. The molecule has 1 aliphatic heterocycles. The molecular weight excluding hydrogens is 472 g/mol. The molecule has 4 aromatic rings.